The number of rotatable bonds is 4. The Labute approximate surface area is 196 Å². The van der Waals surface area contributed by atoms with Gasteiger partial charge in [-0.05, 0) is 35.9 Å². The monoisotopic (exact) mass is 502 g/mol. The topological polar surface area (TPSA) is 40.6 Å². The van der Waals surface area contributed by atoms with Crippen molar-refractivity contribution in [2.24, 2.45) is 0 Å². The summed E-state index contributed by atoms with van der Waals surface area (Å²) in [6, 6.07) is 7.63. The highest BCUT2D eigenvalue weighted by Gasteiger charge is 2.36. The van der Waals surface area contributed by atoms with Gasteiger partial charge in [0.25, 0.3) is 0 Å². The van der Waals surface area contributed by atoms with Gasteiger partial charge in [0.1, 0.15) is 0 Å². The van der Waals surface area contributed by atoms with Crippen molar-refractivity contribution in [2.45, 2.75) is 29.1 Å². The summed E-state index contributed by atoms with van der Waals surface area (Å²) in [5, 5.41) is 0. The molecule has 1 aliphatic rings. The van der Waals surface area contributed by atoms with Gasteiger partial charge in [-0.3, -0.25) is 9.59 Å². The Morgan fingerprint density at radius 1 is 0.824 bits per heavy atom. The van der Waals surface area contributed by atoms with Crippen molar-refractivity contribution in [1.29, 1.82) is 0 Å². The van der Waals surface area contributed by atoms with Crippen LogP contribution in [-0.4, -0.2) is 47.8 Å². The van der Waals surface area contributed by atoms with Crippen LogP contribution >= 0.6 is 11.8 Å². The molecule has 2 amide bonds. The van der Waals surface area contributed by atoms with E-state index in [9.17, 15) is 35.9 Å². The normalized spacial score (nSPS) is 15.1. The lowest BCUT2D eigenvalue weighted by Gasteiger charge is -2.33. The van der Waals surface area contributed by atoms with Crippen LogP contribution in [0.4, 0.5) is 26.3 Å². The molecule has 0 atom stereocenters. The third kappa shape index (κ3) is 6.34. The maximum atomic E-state index is 13.7. The first kappa shape index (κ1) is 25.7. The van der Waals surface area contributed by atoms with Gasteiger partial charge < -0.3 is 9.80 Å². The molecule has 0 aromatic heterocycles. The summed E-state index contributed by atoms with van der Waals surface area (Å²) in [5.74, 6) is -0.507. The van der Waals surface area contributed by atoms with Gasteiger partial charge in [0.2, 0.25) is 11.8 Å². The molecule has 4 nitrogen and oxygen atoms in total. The molecule has 0 saturated carbocycles. The highest BCUT2D eigenvalue weighted by Crippen LogP contribution is 2.44. The fourth-order valence-electron chi connectivity index (χ4n) is 3.38. The van der Waals surface area contributed by atoms with Gasteiger partial charge in [0.15, 0.2) is 0 Å². The van der Waals surface area contributed by atoms with E-state index < -0.39 is 29.4 Å². The molecule has 34 heavy (non-hydrogen) atoms. The highest BCUT2D eigenvalue weighted by atomic mass is 32.2. The van der Waals surface area contributed by atoms with E-state index in [4.69, 9.17) is 0 Å². The first-order valence-corrected chi connectivity index (χ1v) is 11.0. The van der Waals surface area contributed by atoms with E-state index in [0.717, 1.165) is 30.3 Å². The minimum absolute atomic E-state index is 0.0801. The average molecular weight is 502 g/mol. The lowest BCUT2D eigenvalue weighted by atomic mass is 10.1. The number of piperazine rings is 1. The standard InChI is InChI=1S/C23H20F6N2O2S/c1-15(32)30-10-12-31(13-11-30)21(33)9-7-16-6-8-20(18(14-16)23(27,28)29)34-19-5-3-2-4-17(19)22(24,25)26/h2-9,14H,10-13H2,1H3/b9-7+. The van der Waals surface area contributed by atoms with Crippen LogP contribution in [0.1, 0.15) is 23.6 Å². The van der Waals surface area contributed by atoms with Crippen LogP contribution in [0.25, 0.3) is 6.08 Å². The van der Waals surface area contributed by atoms with Gasteiger partial charge in [0.05, 0.1) is 11.1 Å². The van der Waals surface area contributed by atoms with Crippen LogP contribution in [0.2, 0.25) is 0 Å². The summed E-state index contributed by atoms with van der Waals surface area (Å²) in [6.07, 6.45) is -7.15. The van der Waals surface area contributed by atoms with Gasteiger partial charge in [-0.15, -0.1) is 0 Å². The van der Waals surface area contributed by atoms with Crippen molar-refractivity contribution < 1.29 is 35.9 Å². The molecule has 11 heteroatoms. The van der Waals surface area contributed by atoms with Gasteiger partial charge in [-0.2, -0.15) is 26.3 Å². The van der Waals surface area contributed by atoms with Crippen molar-refractivity contribution >= 4 is 29.7 Å². The molecule has 2 aromatic rings. The van der Waals surface area contributed by atoms with Crippen molar-refractivity contribution in [2.75, 3.05) is 26.2 Å². The van der Waals surface area contributed by atoms with Crippen molar-refractivity contribution in [3.63, 3.8) is 0 Å². The van der Waals surface area contributed by atoms with E-state index >= 15 is 0 Å². The van der Waals surface area contributed by atoms with Crippen molar-refractivity contribution in [3.05, 3.63) is 65.2 Å². The summed E-state index contributed by atoms with van der Waals surface area (Å²) in [4.78, 5) is 26.1. The molecular formula is C23H20F6N2O2S. The second-order valence-electron chi connectivity index (χ2n) is 7.51. The molecule has 0 bridgehead atoms. The average Bonchev–Trinajstić information content (AvgIpc) is 2.77. The summed E-state index contributed by atoms with van der Waals surface area (Å²) in [7, 11) is 0. The quantitative estimate of drug-likeness (QED) is 0.405. The van der Waals surface area contributed by atoms with Gasteiger partial charge in [-0.25, -0.2) is 0 Å². The predicted octanol–water partition coefficient (Wildman–Crippen LogP) is 5.58. The van der Waals surface area contributed by atoms with Crippen LogP contribution in [0.15, 0.2) is 58.3 Å². The molecule has 2 aromatic carbocycles. The van der Waals surface area contributed by atoms with Crippen LogP contribution in [0.5, 0.6) is 0 Å². The number of alkyl halides is 6. The van der Waals surface area contributed by atoms with Crippen LogP contribution in [0.3, 0.4) is 0 Å². The SMILES string of the molecule is CC(=O)N1CCN(C(=O)/C=C/c2ccc(Sc3ccccc3C(F)(F)F)c(C(F)(F)F)c2)CC1. The minimum atomic E-state index is -4.81. The maximum absolute atomic E-state index is 13.7. The molecule has 0 unspecified atom stereocenters. The third-order valence-corrected chi connectivity index (χ3v) is 6.33. The molecule has 1 fully saturated rings. The number of nitrogens with zero attached hydrogens (tertiary/aromatic N) is 2. The molecule has 1 saturated heterocycles. The Hall–Kier alpha value is -2.95. The summed E-state index contributed by atoms with van der Waals surface area (Å²) in [6.45, 7) is 2.80. The highest BCUT2D eigenvalue weighted by molar-refractivity contribution is 7.99. The van der Waals surface area contributed by atoms with E-state index in [1.807, 2.05) is 0 Å². The number of halogens is 6. The van der Waals surface area contributed by atoms with Crippen LogP contribution < -0.4 is 0 Å². The van der Waals surface area contributed by atoms with Gasteiger partial charge in [0, 0.05) is 49.0 Å². The smallest absolute Gasteiger partial charge is 0.339 e. The van der Waals surface area contributed by atoms with E-state index in [1.54, 1.807) is 4.90 Å². The van der Waals surface area contributed by atoms with Crippen LogP contribution in [0, 0.1) is 0 Å². The molecule has 0 N–H and O–H groups in total. The summed E-state index contributed by atoms with van der Waals surface area (Å²) in [5.41, 5.74) is -2.04. The Morgan fingerprint density at radius 2 is 1.38 bits per heavy atom. The Morgan fingerprint density at radius 3 is 1.97 bits per heavy atom. The number of amides is 2. The van der Waals surface area contributed by atoms with E-state index in [0.29, 0.717) is 37.9 Å². The molecule has 1 heterocycles. The van der Waals surface area contributed by atoms with Gasteiger partial charge in [-0.1, -0.05) is 30.0 Å². The molecule has 1 aliphatic heterocycles. The molecular weight excluding hydrogens is 482 g/mol. The van der Waals surface area contributed by atoms with Crippen molar-refractivity contribution in [1.82, 2.24) is 9.80 Å². The van der Waals surface area contributed by atoms with E-state index in [2.05, 4.69) is 0 Å². The largest absolute Gasteiger partial charge is 0.417 e. The second-order valence-corrected chi connectivity index (χ2v) is 8.60. The van der Waals surface area contributed by atoms with E-state index in [-0.39, 0.29) is 21.3 Å². The first-order valence-electron chi connectivity index (χ1n) is 10.1. The minimum Gasteiger partial charge on any atom is -0.339 e. The van der Waals surface area contributed by atoms with Crippen molar-refractivity contribution in [3.8, 4) is 0 Å². The molecule has 0 radical (unpaired) electrons. The third-order valence-electron chi connectivity index (χ3n) is 5.18. The Balaban J connectivity index is 1.81. The predicted molar refractivity (Wildman–Crippen MR) is 115 cm³/mol. The number of hydrogen-bond acceptors (Lipinski definition) is 3. The second kappa shape index (κ2) is 10.1. The lowest BCUT2D eigenvalue weighted by molar-refractivity contribution is -0.140. The molecule has 0 aliphatic carbocycles. The summed E-state index contributed by atoms with van der Waals surface area (Å²) >= 11 is 0.381. The molecule has 182 valence electrons. The Bertz CT molecular complexity index is 1090. The zero-order valence-electron chi connectivity index (χ0n) is 17.9. The Kier molecular flexibility index (Phi) is 7.64. The fraction of sp³-hybridized carbons (Fsp3) is 0.304. The lowest BCUT2D eigenvalue weighted by Crippen LogP contribution is -2.49. The number of hydrogen-bond donors (Lipinski definition) is 0. The zero-order valence-corrected chi connectivity index (χ0v) is 18.7. The van der Waals surface area contributed by atoms with Crippen LogP contribution in [-0.2, 0) is 21.9 Å². The number of carbonyl (C=O) groups is 2. The number of benzene rings is 2. The van der Waals surface area contributed by atoms with E-state index in [1.165, 1.54) is 36.1 Å². The fourth-order valence-corrected chi connectivity index (χ4v) is 4.48. The zero-order chi connectivity index (χ0) is 25.1. The van der Waals surface area contributed by atoms with Gasteiger partial charge >= 0.3 is 12.4 Å². The molecule has 3 rings (SSSR count). The molecule has 0 spiro atoms. The summed E-state index contributed by atoms with van der Waals surface area (Å²) < 4.78 is 80.8. The first-order chi connectivity index (χ1) is 15.9. The number of carbonyl (C=O) groups excluding carboxylic acids is 2. The maximum Gasteiger partial charge on any atom is 0.417 e.